The van der Waals surface area contributed by atoms with Crippen molar-refractivity contribution in [2.75, 3.05) is 0 Å². The lowest BCUT2D eigenvalue weighted by Gasteiger charge is -2.09. The molecule has 168 valence electrons. The van der Waals surface area contributed by atoms with E-state index in [4.69, 9.17) is 9.72 Å². The number of nitrogens with zero attached hydrogens (tertiary/aromatic N) is 2. The summed E-state index contributed by atoms with van der Waals surface area (Å²) in [6.45, 7) is 0.305. The van der Waals surface area contributed by atoms with Crippen LogP contribution in [0.5, 0.6) is 5.75 Å². The molecule has 33 heavy (non-hydrogen) atoms. The Hall–Kier alpha value is -3.52. The van der Waals surface area contributed by atoms with Gasteiger partial charge < -0.3 is 9.72 Å². The summed E-state index contributed by atoms with van der Waals surface area (Å²) in [5.41, 5.74) is 2.85. The SMILES string of the molecule is O=c1[nH]c(-c2ccc(OCc3ccc([N+](=O)[O-])cc3)cc2)nc2sc3c(c12)CCCCCC3. The molecular formula is C25H23N3O4S. The van der Waals surface area contributed by atoms with Gasteiger partial charge in [-0.1, -0.05) is 12.8 Å². The molecule has 0 unspecified atom stereocenters. The molecule has 0 saturated carbocycles. The van der Waals surface area contributed by atoms with Crippen molar-refractivity contribution in [3.8, 4) is 17.1 Å². The molecule has 4 aromatic rings. The summed E-state index contributed by atoms with van der Waals surface area (Å²) < 4.78 is 5.80. The van der Waals surface area contributed by atoms with Crippen LogP contribution in [0.25, 0.3) is 21.6 Å². The number of aromatic amines is 1. The quantitative estimate of drug-likeness (QED) is 0.299. The van der Waals surface area contributed by atoms with Crippen LogP contribution in [0.2, 0.25) is 0 Å². The lowest BCUT2D eigenvalue weighted by atomic mass is 9.98. The van der Waals surface area contributed by atoms with E-state index in [1.165, 1.54) is 41.8 Å². The van der Waals surface area contributed by atoms with E-state index in [9.17, 15) is 14.9 Å². The number of thiophene rings is 1. The summed E-state index contributed by atoms with van der Waals surface area (Å²) in [6.07, 6.45) is 6.76. The predicted molar refractivity (Wildman–Crippen MR) is 129 cm³/mol. The van der Waals surface area contributed by atoms with Gasteiger partial charge >= 0.3 is 0 Å². The molecule has 1 N–H and O–H groups in total. The van der Waals surface area contributed by atoms with Crippen molar-refractivity contribution >= 4 is 27.2 Å². The maximum Gasteiger partial charge on any atom is 0.269 e. The van der Waals surface area contributed by atoms with E-state index < -0.39 is 4.92 Å². The fourth-order valence-corrected chi connectivity index (χ4v) is 5.51. The topological polar surface area (TPSA) is 98.1 Å². The van der Waals surface area contributed by atoms with Gasteiger partial charge in [0.25, 0.3) is 11.2 Å². The van der Waals surface area contributed by atoms with Crippen molar-refractivity contribution in [1.82, 2.24) is 9.97 Å². The number of nitrogens with one attached hydrogen (secondary N) is 1. The minimum atomic E-state index is -0.423. The first-order valence-electron chi connectivity index (χ1n) is 11.1. The van der Waals surface area contributed by atoms with E-state index in [1.54, 1.807) is 23.5 Å². The van der Waals surface area contributed by atoms with E-state index in [0.717, 1.165) is 40.6 Å². The molecule has 2 aromatic heterocycles. The van der Waals surface area contributed by atoms with Crippen molar-refractivity contribution in [3.05, 3.63) is 85.0 Å². The third-order valence-electron chi connectivity index (χ3n) is 6.01. The molecule has 0 bridgehead atoms. The average Bonchev–Trinajstić information content (AvgIpc) is 3.15. The van der Waals surface area contributed by atoms with Crippen LogP contribution in [0.15, 0.2) is 53.3 Å². The number of H-pyrrole nitrogens is 1. The summed E-state index contributed by atoms with van der Waals surface area (Å²) in [5.74, 6) is 1.23. The Morgan fingerprint density at radius 1 is 1.00 bits per heavy atom. The molecule has 7 nitrogen and oxygen atoms in total. The molecular weight excluding hydrogens is 438 g/mol. The Labute approximate surface area is 194 Å². The Bertz CT molecular complexity index is 1360. The van der Waals surface area contributed by atoms with E-state index in [0.29, 0.717) is 18.2 Å². The van der Waals surface area contributed by atoms with Crippen molar-refractivity contribution in [2.45, 2.75) is 45.1 Å². The fourth-order valence-electron chi connectivity index (χ4n) is 4.24. The first-order valence-corrected chi connectivity index (χ1v) is 11.9. The van der Waals surface area contributed by atoms with E-state index in [-0.39, 0.29) is 11.2 Å². The number of nitro groups is 1. The zero-order valence-electron chi connectivity index (χ0n) is 18.0. The predicted octanol–water partition coefficient (Wildman–Crippen LogP) is 5.80. The third-order valence-corrected chi connectivity index (χ3v) is 7.19. The van der Waals surface area contributed by atoms with Gasteiger partial charge in [-0.15, -0.1) is 11.3 Å². The van der Waals surface area contributed by atoms with E-state index >= 15 is 0 Å². The Morgan fingerprint density at radius 2 is 1.73 bits per heavy atom. The van der Waals surface area contributed by atoms with Crippen LogP contribution >= 0.6 is 11.3 Å². The molecule has 5 rings (SSSR count). The van der Waals surface area contributed by atoms with Gasteiger partial charge in [-0.05, 0) is 73.2 Å². The standard InChI is InChI=1S/C25H23N3O4S/c29-24-22-20-5-3-1-2-4-6-21(20)33-25(22)27-23(26-24)17-9-13-19(14-10-17)32-15-16-7-11-18(12-8-16)28(30)31/h7-14H,1-6,15H2,(H,26,27,29). The van der Waals surface area contributed by atoms with Gasteiger partial charge in [-0.2, -0.15) is 0 Å². The fraction of sp³-hybridized carbons (Fsp3) is 0.280. The average molecular weight is 462 g/mol. The third kappa shape index (κ3) is 4.52. The van der Waals surface area contributed by atoms with Crippen LogP contribution in [0.4, 0.5) is 5.69 Å². The number of benzene rings is 2. The van der Waals surface area contributed by atoms with Crippen LogP contribution in [0, 0.1) is 10.1 Å². The number of non-ortho nitro benzene ring substituents is 1. The number of rotatable bonds is 5. The van der Waals surface area contributed by atoms with Gasteiger partial charge in [-0.3, -0.25) is 14.9 Å². The number of aromatic nitrogens is 2. The molecule has 8 heteroatoms. The van der Waals surface area contributed by atoms with Gasteiger partial charge in [0.2, 0.25) is 0 Å². The Kier molecular flexibility index (Phi) is 5.92. The molecule has 0 amide bonds. The smallest absolute Gasteiger partial charge is 0.269 e. The molecule has 0 spiro atoms. The van der Waals surface area contributed by atoms with Crippen LogP contribution in [0.1, 0.15) is 41.7 Å². The molecule has 2 aromatic carbocycles. The largest absolute Gasteiger partial charge is 0.489 e. The van der Waals surface area contributed by atoms with Crippen LogP contribution in [-0.2, 0) is 19.4 Å². The highest BCUT2D eigenvalue weighted by Crippen LogP contribution is 2.33. The van der Waals surface area contributed by atoms with Crippen molar-refractivity contribution in [3.63, 3.8) is 0 Å². The van der Waals surface area contributed by atoms with Crippen LogP contribution < -0.4 is 10.3 Å². The molecule has 0 radical (unpaired) electrons. The van der Waals surface area contributed by atoms with Crippen LogP contribution in [-0.4, -0.2) is 14.9 Å². The summed E-state index contributed by atoms with van der Waals surface area (Å²) in [6, 6.07) is 13.7. The maximum atomic E-state index is 12.9. The highest BCUT2D eigenvalue weighted by Gasteiger charge is 2.18. The monoisotopic (exact) mass is 461 g/mol. The first-order chi connectivity index (χ1) is 16.1. The van der Waals surface area contributed by atoms with Gasteiger partial charge in [0.15, 0.2) is 0 Å². The maximum absolute atomic E-state index is 12.9. The molecule has 1 aliphatic carbocycles. The van der Waals surface area contributed by atoms with E-state index in [1.807, 2.05) is 24.3 Å². The molecule has 2 heterocycles. The number of ether oxygens (including phenoxy) is 1. The van der Waals surface area contributed by atoms with Gasteiger partial charge in [0.1, 0.15) is 23.0 Å². The molecule has 0 aliphatic heterocycles. The Balaban J connectivity index is 1.34. The second-order valence-corrected chi connectivity index (χ2v) is 9.33. The van der Waals surface area contributed by atoms with Gasteiger partial charge in [0.05, 0.1) is 10.3 Å². The summed E-state index contributed by atoms with van der Waals surface area (Å²) in [4.78, 5) is 33.2. The van der Waals surface area contributed by atoms with Crippen LogP contribution in [0.3, 0.4) is 0 Å². The number of nitro benzene ring substituents is 1. The molecule has 0 atom stereocenters. The van der Waals surface area contributed by atoms with E-state index in [2.05, 4.69) is 4.98 Å². The molecule has 0 fully saturated rings. The molecule has 1 aliphatic rings. The second kappa shape index (κ2) is 9.15. The second-order valence-electron chi connectivity index (χ2n) is 8.25. The zero-order valence-corrected chi connectivity index (χ0v) is 18.8. The Morgan fingerprint density at radius 3 is 2.45 bits per heavy atom. The minimum Gasteiger partial charge on any atom is -0.489 e. The highest BCUT2D eigenvalue weighted by atomic mass is 32.1. The van der Waals surface area contributed by atoms with Crippen molar-refractivity contribution < 1.29 is 9.66 Å². The van der Waals surface area contributed by atoms with Gasteiger partial charge in [0, 0.05) is 22.6 Å². The summed E-state index contributed by atoms with van der Waals surface area (Å²) in [5, 5.41) is 11.5. The lowest BCUT2D eigenvalue weighted by molar-refractivity contribution is -0.384. The number of fused-ring (bicyclic) bond motifs is 3. The van der Waals surface area contributed by atoms with Gasteiger partial charge in [-0.25, -0.2) is 4.98 Å². The number of hydrogen-bond donors (Lipinski definition) is 1. The lowest BCUT2D eigenvalue weighted by Crippen LogP contribution is -2.10. The zero-order chi connectivity index (χ0) is 22.8. The molecule has 0 saturated heterocycles. The highest BCUT2D eigenvalue weighted by molar-refractivity contribution is 7.18. The number of hydrogen-bond acceptors (Lipinski definition) is 6. The number of aryl methyl sites for hydroxylation is 2. The summed E-state index contributed by atoms with van der Waals surface area (Å²) in [7, 11) is 0. The van der Waals surface area contributed by atoms with Crippen molar-refractivity contribution in [1.29, 1.82) is 0 Å². The minimum absolute atomic E-state index is 0.0549. The van der Waals surface area contributed by atoms with Crippen molar-refractivity contribution in [2.24, 2.45) is 0 Å². The first kappa shape index (κ1) is 21.3. The summed E-state index contributed by atoms with van der Waals surface area (Å²) >= 11 is 1.66. The normalized spacial score (nSPS) is 13.8.